The van der Waals surface area contributed by atoms with Gasteiger partial charge in [-0.15, -0.1) is 0 Å². The summed E-state index contributed by atoms with van der Waals surface area (Å²) in [5, 5.41) is 6.23. The predicted octanol–water partition coefficient (Wildman–Crippen LogP) is 5.31. The van der Waals surface area contributed by atoms with Crippen molar-refractivity contribution in [2.75, 3.05) is 10.6 Å². The number of aryl methyl sites for hydroxylation is 4. The lowest BCUT2D eigenvalue weighted by Crippen LogP contribution is -2.15. The fraction of sp³-hybridized carbons (Fsp3) is 0.182. The highest BCUT2D eigenvalue weighted by Crippen LogP contribution is 2.21. The van der Waals surface area contributed by atoms with E-state index in [1.165, 1.54) is 11.1 Å². The minimum Gasteiger partial charge on any atom is -0.340 e. The molecule has 2 aromatic carbocycles. The van der Waals surface area contributed by atoms with E-state index in [9.17, 15) is 4.79 Å². The minimum absolute atomic E-state index is 0.113. The largest absolute Gasteiger partial charge is 0.340 e. The van der Waals surface area contributed by atoms with Crippen LogP contribution >= 0.6 is 0 Å². The van der Waals surface area contributed by atoms with Gasteiger partial charge in [0.2, 0.25) is 0 Å². The van der Waals surface area contributed by atoms with E-state index in [2.05, 4.69) is 41.6 Å². The van der Waals surface area contributed by atoms with Crippen LogP contribution in [0.3, 0.4) is 0 Å². The molecule has 3 rings (SSSR count). The van der Waals surface area contributed by atoms with Crippen LogP contribution in [0.4, 0.5) is 17.2 Å². The number of rotatable bonds is 4. The normalized spacial score (nSPS) is 10.5. The van der Waals surface area contributed by atoms with Gasteiger partial charge in [0.05, 0.1) is 11.9 Å². The molecule has 0 saturated heterocycles. The number of hydrogen-bond acceptors (Lipinski definition) is 3. The minimum atomic E-state index is -0.113. The molecule has 0 radical (unpaired) electrons. The van der Waals surface area contributed by atoms with Crippen molar-refractivity contribution in [3.63, 3.8) is 0 Å². The molecule has 1 amide bonds. The van der Waals surface area contributed by atoms with Crippen LogP contribution in [0.25, 0.3) is 0 Å². The summed E-state index contributed by atoms with van der Waals surface area (Å²) in [6.07, 6.45) is 1.66. The summed E-state index contributed by atoms with van der Waals surface area (Å²) < 4.78 is 0. The molecule has 0 aliphatic rings. The van der Waals surface area contributed by atoms with E-state index in [1.807, 2.05) is 50.2 Å². The van der Waals surface area contributed by atoms with Crippen molar-refractivity contribution in [1.29, 1.82) is 0 Å². The van der Waals surface area contributed by atoms with E-state index in [-0.39, 0.29) is 5.91 Å². The SMILES string of the molecule is Cc1ccc(Nc2ccc(NC(=O)c3c(C)cccc3C)cn2)c(C)c1. The molecule has 0 fully saturated rings. The van der Waals surface area contributed by atoms with Crippen molar-refractivity contribution in [2.24, 2.45) is 0 Å². The quantitative estimate of drug-likeness (QED) is 0.673. The van der Waals surface area contributed by atoms with Crippen molar-refractivity contribution in [2.45, 2.75) is 27.7 Å². The van der Waals surface area contributed by atoms with Crippen LogP contribution in [0.1, 0.15) is 32.6 Å². The van der Waals surface area contributed by atoms with Gasteiger partial charge in [-0.05, 0) is 62.6 Å². The molecule has 132 valence electrons. The summed E-state index contributed by atoms with van der Waals surface area (Å²) in [4.78, 5) is 17.0. The molecule has 1 aromatic heterocycles. The molecule has 0 spiro atoms. The van der Waals surface area contributed by atoms with Crippen LogP contribution in [0.15, 0.2) is 54.7 Å². The molecule has 26 heavy (non-hydrogen) atoms. The van der Waals surface area contributed by atoms with Gasteiger partial charge in [0.15, 0.2) is 0 Å². The van der Waals surface area contributed by atoms with Crippen LogP contribution in [0.5, 0.6) is 0 Å². The van der Waals surface area contributed by atoms with E-state index >= 15 is 0 Å². The maximum atomic E-state index is 12.6. The zero-order valence-electron chi connectivity index (χ0n) is 15.6. The number of amides is 1. The van der Waals surface area contributed by atoms with Crippen molar-refractivity contribution in [3.8, 4) is 0 Å². The monoisotopic (exact) mass is 345 g/mol. The van der Waals surface area contributed by atoms with E-state index in [4.69, 9.17) is 0 Å². The average Bonchev–Trinajstić information content (AvgIpc) is 2.59. The standard InChI is InChI=1S/C22H23N3O/c1-14-8-10-19(17(4)12-14)25-20-11-9-18(13-23-20)24-22(26)21-15(2)6-5-7-16(21)3/h5-13H,1-4H3,(H,23,25)(H,24,26). The lowest BCUT2D eigenvalue weighted by molar-refractivity contribution is 0.102. The van der Waals surface area contributed by atoms with Gasteiger partial charge in [0.1, 0.15) is 5.82 Å². The zero-order valence-corrected chi connectivity index (χ0v) is 15.6. The number of carbonyl (C=O) groups is 1. The maximum Gasteiger partial charge on any atom is 0.256 e. The summed E-state index contributed by atoms with van der Waals surface area (Å²) in [5.41, 5.74) is 6.72. The van der Waals surface area contributed by atoms with E-state index in [0.717, 1.165) is 22.6 Å². The fourth-order valence-corrected chi connectivity index (χ4v) is 3.00. The van der Waals surface area contributed by atoms with Gasteiger partial charge in [-0.1, -0.05) is 35.9 Å². The molecule has 0 bridgehead atoms. The molecule has 3 aromatic rings. The highest BCUT2D eigenvalue weighted by molar-refractivity contribution is 6.06. The van der Waals surface area contributed by atoms with Crippen LogP contribution in [-0.4, -0.2) is 10.9 Å². The Morgan fingerprint density at radius 3 is 2.23 bits per heavy atom. The molecule has 0 aliphatic heterocycles. The van der Waals surface area contributed by atoms with Gasteiger partial charge in [0, 0.05) is 11.3 Å². The van der Waals surface area contributed by atoms with Crippen molar-refractivity contribution in [3.05, 3.63) is 82.5 Å². The average molecular weight is 345 g/mol. The summed E-state index contributed by atoms with van der Waals surface area (Å²) in [5.74, 6) is 0.625. The van der Waals surface area contributed by atoms with Crippen molar-refractivity contribution >= 4 is 23.1 Å². The lowest BCUT2D eigenvalue weighted by Gasteiger charge is -2.12. The Bertz CT molecular complexity index is 926. The number of anilines is 3. The molecule has 4 heteroatoms. The summed E-state index contributed by atoms with van der Waals surface area (Å²) in [7, 11) is 0. The van der Waals surface area contributed by atoms with Crippen LogP contribution < -0.4 is 10.6 Å². The number of hydrogen-bond donors (Lipinski definition) is 2. The second-order valence-electron chi connectivity index (χ2n) is 6.60. The maximum absolute atomic E-state index is 12.6. The summed E-state index contributed by atoms with van der Waals surface area (Å²) >= 11 is 0. The van der Waals surface area contributed by atoms with Crippen LogP contribution in [0.2, 0.25) is 0 Å². The second-order valence-corrected chi connectivity index (χ2v) is 6.60. The van der Waals surface area contributed by atoms with E-state index < -0.39 is 0 Å². The molecular weight excluding hydrogens is 322 g/mol. The first-order valence-electron chi connectivity index (χ1n) is 8.62. The van der Waals surface area contributed by atoms with Gasteiger partial charge >= 0.3 is 0 Å². The van der Waals surface area contributed by atoms with Gasteiger partial charge in [-0.3, -0.25) is 4.79 Å². The molecule has 2 N–H and O–H groups in total. The number of nitrogens with one attached hydrogen (secondary N) is 2. The number of pyridine rings is 1. The smallest absolute Gasteiger partial charge is 0.256 e. The lowest BCUT2D eigenvalue weighted by atomic mass is 10.0. The molecule has 0 aliphatic carbocycles. The first-order chi connectivity index (χ1) is 12.4. The van der Waals surface area contributed by atoms with Gasteiger partial charge in [0.25, 0.3) is 5.91 Å². The van der Waals surface area contributed by atoms with E-state index in [1.54, 1.807) is 6.20 Å². The number of carbonyl (C=O) groups excluding carboxylic acids is 1. The molecule has 0 atom stereocenters. The number of benzene rings is 2. The highest BCUT2D eigenvalue weighted by Gasteiger charge is 2.12. The first kappa shape index (κ1) is 17.7. The predicted molar refractivity (Wildman–Crippen MR) is 107 cm³/mol. The second kappa shape index (κ2) is 7.40. The van der Waals surface area contributed by atoms with Gasteiger partial charge in [-0.25, -0.2) is 4.98 Å². The molecular formula is C22H23N3O. The van der Waals surface area contributed by atoms with Crippen molar-refractivity contribution in [1.82, 2.24) is 4.98 Å². The molecule has 0 unspecified atom stereocenters. The molecule has 1 heterocycles. The van der Waals surface area contributed by atoms with E-state index in [0.29, 0.717) is 11.3 Å². The Labute approximate surface area is 154 Å². The summed E-state index contributed by atoms with van der Waals surface area (Å²) in [6, 6.07) is 15.8. The number of aromatic nitrogens is 1. The van der Waals surface area contributed by atoms with Gasteiger partial charge in [-0.2, -0.15) is 0 Å². The Balaban J connectivity index is 1.72. The third-order valence-corrected chi connectivity index (χ3v) is 4.37. The first-order valence-corrected chi connectivity index (χ1v) is 8.62. The molecule has 0 saturated carbocycles. The third-order valence-electron chi connectivity index (χ3n) is 4.37. The Hall–Kier alpha value is -3.14. The Morgan fingerprint density at radius 2 is 1.62 bits per heavy atom. The zero-order chi connectivity index (χ0) is 18.7. The number of nitrogens with zero attached hydrogens (tertiary/aromatic N) is 1. The van der Waals surface area contributed by atoms with Crippen LogP contribution in [-0.2, 0) is 0 Å². The third kappa shape index (κ3) is 3.91. The Kier molecular flexibility index (Phi) is 5.03. The topological polar surface area (TPSA) is 54.0 Å². The summed E-state index contributed by atoms with van der Waals surface area (Å²) in [6.45, 7) is 8.02. The van der Waals surface area contributed by atoms with Crippen molar-refractivity contribution < 1.29 is 4.79 Å². The fourth-order valence-electron chi connectivity index (χ4n) is 3.00. The molecule has 4 nitrogen and oxygen atoms in total. The highest BCUT2D eigenvalue weighted by atomic mass is 16.1. The Morgan fingerprint density at radius 1 is 0.885 bits per heavy atom. The van der Waals surface area contributed by atoms with Gasteiger partial charge < -0.3 is 10.6 Å². The van der Waals surface area contributed by atoms with Crippen LogP contribution in [0, 0.1) is 27.7 Å².